The Kier molecular flexibility index (Phi) is 5.03. The first-order valence-corrected chi connectivity index (χ1v) is 9.35. The van der Waals surface area contributed by atoms with Crippen molar-refractivity contribution >= 4 is 0 Å². The second-order valence-electron chi connectivity index (χ2n) is 6.57. The minimum absolute atomic E-state index is 0.241. The molecule has 0 unspecified atom stereocenters. The van der Waals surface area contributed by atoms with Gasteiger partial charge in [-0.1, -0.05) is 0 Å². The third-order valence-corrected chi connectivity index (χ3v) is 4.42. The molecule has 3 heterocycles. The smallest absolute Gasteiger partial charge is 0.189 e. The van der Waals surface area contributed by atoms with E-state index in [1.807, 2.05) is 64.5 Å². The maximum Gasteiger partial charge on any atom is 0.189 e. The molecule has 0 N–H and O–H groups in total. The van der Waals surface area contributed by atoms with E-state index in [1.54, 1.807) is 20.2 Å². The van der Waals surface area contributed by atoms with E-state index in [0.717, 1.165) is 28.6 Å². The number of aromatic nitrogens is 7. The third-order valence-electron chi connectivity index (χ3n) is 4.42. The van der Waals surface area contributed by atoms with Crippen LogP contribution in [0, 0.1) is 6.92 Å². The highest BCUT2D eigenvalue weighted by Gasteiger charge is 2.19. The Morgan fingerprint density at radius 3 is 2.28 bits per heavy atom. The number of benzene rings is 1. The summed E-state index contributed by atoms with van der Waals surface area (Å²) >= 11 is 0. The van der Waals surface area contributed by atoms with Crippen molar-refractivity contribution in [2.75, 3.05) is 6.61 Å². The molecule has 0 fully saturated rings. The van der Waals surface area contributed by atoms with E-state index in [9.17, 15) is 0 Å². The van der Waals surface area contributed by atoms with E-state index in [4.69, 9.17) is 14.5 Å². The van der Waals surface area contributed by atoms with Crippen LogP contribution in [0.3, 0.4) is 0 Å². The van der Waals surface area contributed by atoms with E-state index in [-0.39, 0.29) is 6.61 Å². The summed E-state index contributed by atoms with van der Waals surface area (Å²) in [5.74, 6) is 3.61. The van der Waals surface area contributed by atoms with Gasteiger partial charge in [0.15, 0.2) is 17.5 Å². The van der Waals surface area contributed by atoms with Gasteiger partial charge in [0.05, 0.1) is 24.1 Å². The molecule has 0 bridgehead atoms. The quantitative estimate of drug-likeness (QED) is 0.480. The summed E-state index contributed by atoms with van der Waals surface area (Å²) in [6, 6.07) is 9.39. The zero-order valence-corrected chi connectivity index (χ0v) is 16.9. The van der Waals surface area contributed by atoms with Crippen molar-refractivity contribution in [1.82, 2.24) is 34.3 Å². The van der Waals surface area contributed by atoms with Crippen LogP contribution in [0.4, 0.5) is 0 Å². The predicted molar refractivity (Wildman–Crippen MR) is 107 cm³/mol. The number of hydrogen-bond acceptors (Lipinski definition) is 6. The summed E-state index contributed by atoms with van der Waals surface area (Å²) in [6.07, 6.45) is 3.66. The lowest BCUT2D eigenvalue weighted by Crippen LogP contribution is -2.07. The Hall–Kier alpha value is -3.62. The monoisotopic (exact) mass is 393 g/mol. The SMILES string of the molecule is CCOc1ccc(OCc2nc(-c3cn(C)nc3C)n(-c3ccnn3C)n2)cc1. The summed E-state index contributed by atoms with van der Waals surface area (Å²) in [5.41, 5.74) is 1.79. The summed E-state index contributed by atoms with van der Waals surface area (Å²) in [7, 11) is 3.75. The van der Waals surface area contributed by atoms with Gasteiger partial charge in [0.2, 0.25) is 0 Å². The molecule has 9 nitrogen and oxygen atoms in total. The summed E-state index contributed by atoms with van der Waals surface area (Å²) in [4.78, 5) is 4.72. The average molecular weight is 393 g/mol. The molecule has 4 rings (SSSR count). The summed E-state index contributed by atoms with van der Waals surface area (Å²) in [5, 5.41) is 13.3. The van der Waals surface area contributed by atoms with E-state index >= 15 is 0 Å². The van der Waals surface area contributed by atoms with Gasteiger partial charge in [-0.2, -0.15) is 14.9 Å². The van der Waals surface area contributed by atoms with Crippen LogP contribution in [0.5, 0.6) is 11.5 Å². The van der Waals surface area contributed by atoms with Crippen LogP contribution < -0.4 is 9.47 Å². The molecular formula is C20H23N7O2. The highest BCUT2D eigenvalue weighted by molar-refractivity contribution is 5.59. The van der Waals surface area contributed by atoms with Crippen LogP contribution in [-0.4, -0.2) is 40.9 Å². The van der Waals surface area contributed by atoms with Gasteiger partial charge in [0.25, 0.3) is 0 Å². The molecule has 1 aromatic carbocycles. The normalized spacial score (nSPS) is 11.0. The zero-order valence-electron chi connectivity index (χ0n) is 16.9. The summed E-state index contributed by atoms with van der Waals surface area (Å²) < 4.78 is 16.6. The number of rotatable bonds is 7. The topological polar surface area (TPSA) is 84.8 Å². The maximum atomic E-state index is 5.88. The van der Waals surface area contributed by atoms with Crippen molar-refractivity contribution in [3.05, 3.63) is 54.2 Å². The standard InChI is InChI=1S/C20H23N7O2/c1-5-28-15-6-8-16(9-7-15)29-13-18-22-20(17-12-25(3)23-14(17)2)27(24-18)19-10-11-21-26(19)4/h6-12H,5,13H2,1-4H3. The van der Waals surface area contributed by atoms with Crippen molar-refractivity contribution in [2.24, 2.45) is 14.1 Å². The number of ether oxygens (including phenoxy) is 2. The van der Waals surface area contributed by atoms with Gasteiger partial charge in [0, 0.05) is 26.4 Å². The molecule has 0 radical (unpaired) electrons. The molecule has 0 saturated heterocycles. The van der Waals surface area contributed by atoms with Crippen LogP contribution in [0.1, 0.15) is 18.4 Å². The fourth-order valence-electron chi connectivity index (χ4n) is 3.09. The highest BCUT2D eigenvalue weighted by atomic mass is 16.5. The molecular weight excluding hydrogens is 370 g/mol. The summed E-state index contributed by atoms with van der Waals surface area (Å²) in [6.45, 7) is 4.78. The van der Waals surface area contributed by atoms with Crippen molar-refractivity contribution in [3.8, 4) is 28.7 Å². The third kappa shape index (κ3) is 3.84. The average Bonchev–Trinajstić information content (AvgIpc) is 3.39. The molecule has 0 saturated carbocycles. The van der Waals surface area contributed by atoms with E-state index < -0.39 is 0 Å². The van der Waals surface area contributed by atoms with Gasteiger partial charge < -0.3 is 9.47 Å². The Labute approximate surface area is 168 Å². The van der Waals surface area contributed by atoms with Gasteiger partial charge in [-0.05, 0) is 38.1 Å². The van der Waals surface area contributed by atoms with Crippen LogP contribution in [-0.2, 0) is 20.7 Å². The Morgan fingerprint density at radius 1 is 0.966 bits per heavy atom. The largest absolute Gasteiger partial charge is 0.494 e. The zero-order chi connectivity index (χ0) is 20.4. The number of hydrogen-bond donors (Lipinski definition) is 0. The molecule has 4 aromatic rings. The van der Waals surface area contributed by atoms with Crippen LogP contribution in [0.25, 0.3) is 17.2 Å². The van der Waals surface area contributed by atoms with Crippen LogP contribution in [0.2, 0.25) is 0 Å². The first-order chi connectivity index (χ1) is 14.0. The molecule has 0 aliphatic heterocycles. The lowest BCUT2D eigenvalue weighted by molar-refractivity contribution is 0.294. The fraction of sp³-hybridized carbons (Fsp3) is 0.300. The van der Waals surface area contributed by atoms with Gasteiger partial charge in [-0.15, -0.1) is 5.10 Å². The second-order valence-corrected chi connectivity index (χ2v) is 6.57. The molecule has 0 amide bonds. The number of aryl methyl sites for hydroxylation is 3. The molecule has 150 valence electrons. The Bertz CT molecular complexity index is 1110. The van der Waals surface area contributed by atoms with Gasteiger partial charge in [-0.3, -0.25) is 9.36 Å². The second kappa shape index (κ2) is 7.78. The fourth-order valence-corrected chi connectivity index (χ4v) is 3.09. The van der Waals surface area contributed by atoms with E-state index in [2.05, 4.69) is 15.3 Å². The minimum Gasteiger partial charge on any atom is -0.494 e. The minimum atomic E-state index is 0.241. The molecule has 0 aliphatic carbocycles. The molecule has 0 atom stereocenters. The van der Waals surface area contributed by atoms with Crippen molar-refractivity contribution in [3.63, 3.8) is 0 Å². The Balaban J connectivity index is 1.63. The molecule has 29 heavy (non-hydrogen) atoms. The van der Waals surface area contributed by atoms with Gasteiger partial charge >= 0.3 is 0 Å². The molecule has 0 aliphatic rings. The lowest BCUT2D eigenvalue weighted by Gasteiger charge is -2.06. The lowest BCUT2D eigenvalue weighted by atomic mass is 10.2. The van der Waals surface area contributed by atoms with E-state index in [0.29, 0.717) is 18.3 Å². The Morgan fingerprint density at radius 2 is 1.69 bits per heavy atom. The first-order valence-electron chi connectivity index (χ1n) is 9.35. The first kappa shape index (κ1) is 18.7. The molecule has 3 aromatic heterocycles. The van der Waals surface area contributed by atoms with Gasteiger partial charge in [-0.25, -0.2) is 4.98 Å². The van der Waals surface area contributed by atoms with Gasteiger partial charge in [0.1, 0.15) is 18.1 Å². The number of nitrogens with zero attached hydrogens (tertiary/aromatic N) is 7. The van der Waals surface area contributed by atoms with Crippen LogP contribution >= 0.6 is 0 Å². The van der Waals surface area contributed by atoms with Crippen molar-refractivity contribution in [2.45, 2.75) is 20.5 Å². The van der Waals surface area contributed by atoms with Crippen molar-refractivity contribution < 1.29 is 9.47 Å². The molecule has 0 spiro atoms. The predicted octanol–water partition coefficient (Wildman–Crippen LogP) is 2.69. The highest BCUT2D eigenvalue weighted by Crippen LogP contribution is 2.24. The van der Waals surface area contributed by atoms with Crippen LogP contribution in [0.15, 0.2) is 42.7 Å². The van der Waals surface area contributed by atoms with Crippen molar-refractivity contribution in [1.29, 1.82) is 0 Å². The maximum absolute atomic E-state index is 5.88. The molecule has 9 heteroatoms. The van der Waals surface area contributed by atoms with E-state index in [1.165, 1.54) is 0 Å².